The van der Waals surface area contributed by atoms with Gasteiger partial charge in [-0.1, -0.05) is 51.9 Å². The summed E-state index contributed by atoms with van der Waals surface area (Å²) in [6.45, 7) is 6.26. The van der Waals surface area contributed by atoms with Gasteiger partial charge in [-0.15, -0.1) is 0 Å². The van der Waals surface area contributed by atoms with Crippen LogP contribution in [0, 0.1) is 11.3 Å². The SMILES string of the molecule is C.CCC(=O)[C@@H]1[C@@H](c2cccc(Cl)c2)C1(C)C. The molecular formula is C15H21ClO. The Balaban J connectivity index is 0.00000144. The van der Waals surface area contributed by atoms with Crippen molar-refractivity contribution in [3.63, 3.8) is 0 Å². The Morgan fingerprint density at radius 3 is 2.59 bits per heavy atom. The number of hydrogen-bond acceptors (Lipinski definition) is 1. The summed E-state index contributed by atoms with van der Waals surface area (Å²) in [6.07, 6.45) is 0.630. The van der Waals surface area contributed by atoms with Gasteiger partial charge in [0.25, 0.3) is 0 Å². The third kappa shape index (κ3) is 2.40. The number of rotatable bonds is 3. The largest absolute Gasteiger partial charge is 0.299 e. The van der Waals surface area contributed by atoms with Gasteiger partial charge in [-0.25, -0.2) is 0 Å². The summed E-state index contributed by atoms with van der Waals surface area (Å²) in [5.41, 5.74) is 1.29. The van der Waals surface area contributed by atoms with Crippen LogP contribution in [0.15, 0.2) is 24.3 Å². The molecule has 0 amide bonds. The van der Waals surface area contributed by atoms with Gasteiger partial charge in [0.1, 0.15) is 5.78 Å². The normalized spacial score (nSPS) is 24.9. The molecule has 17 heavy (non-hydrogen) atoms. The molecule has 0 N–H and O–H groups in total. The summed E-state index contributed by atoms with van der Waals surface area (Å²) in [7, 11) is 0. The molecule has 0 saturated heterocycles. The van der Waals surface area contributed by atoms with E-state index in [9.17, 15) is 4.79 Å². The zero-order valence-electron chi connectivity index (χ0n) is 9.96. The lowest BCUT2D eigenvalue weighted by Crippen LogP contribution is -2.03. The first-order chi connectivity index (χ1) is 7.48. The number of carbonyl (C=O) groups excluding carboxylic acids is 1. The molecule has 0 unspecified atom stereocenters. The van der Waals surface area contributed by atoms with Crippen LogP contribution in [0.3, 0.4) is 0 Å². The highest BCUT2D eigenvalue weighted by molar-refractivity contribution is 6.30. The van der Waals surface area contributed by atoms with Gasteiger partial charge in [0.2, 0.25) is 0 Å². The van der Waals surface area contributed by atoms with Crippen molar-refractivity contribution >= 4 is 17.4 Å². The van der Waals surface area contributed by atoms with Crippen LogP contribution in [0.25, 0.3) is 0 Å². The van der Waals surface area contributed by atoms with Crippen LogP contribution in [0.4, 0.5) is 0 Å². The zero-order chi connectivity index (χ0) is 11.9. The highest BCUT2D eigenvalue weighted by Crippen LogP contribution is 2.65. The Morgan fingerprint density at radius 1 is 1.41 bits per heavy atom. The summed E-state index contributed by atoms with van der Waals surface area (Å²) >= 11 is 5.99. The topological polar surface area (TPSA) is 17.1 Å². The number of halogens is 1. The van der Waals surface area contributed by atoms with Crippen LogP contribution in [-0.2, 0) is 4.79 Å². The zero-order valence-corrected chi connectivity index (χ0v) is 10.7. The van der Waals surface area contributed by atoms with Crippen molar-refractivity contribution in [3.8, 4) is 0 Å². The van der Waals surface area contributed by atoms with E-state index in [1.165, 1.54) is 5.56 Å². The van der Waals surface area contributed by atoms with Crippen molar-refractivity contribution in [2.24, 2.45) is 11.3 Å². The highest BCUT2D eigenvalue weighted by Gasteiger charge is 2.61. The molecule has 1 fully saturated rings. The van der Waals surface area contributed by atoms with E-state index in [4.69, 9.17) is 11.6 Å². The number of ketones is 1. The van der Waals surface area contributed by atoms with Crippen LogP contribution < -0.4 is 0 Å². The van der Waals surface area contributed by atoms with E-state index in [1.807, 2.05) is 25.1 Å². The van der Waals surface area contributed by atoms with Crippen LogP contribution in [0.5, 0.6) is 0 Å². The molecule has 0 radical (unpaired) electrons. The quantitative estimate of drug-likeness (QED) is 0.762. The number of carbonyl (C=O) groups is 1. The monoisotopic (exact) mass is 252 g/mol. The van der Waals surface area contributed by atoms with Crippen LogP contribution in [-0.4, -0.2) is 5.78 Å². The Kier molecular flexibility index (Phi) is 4.03. The molecule has 2 atom stereocenters. The molecule has 0 aliphatic heterocycles. The molecule has 1 nitrogen and oxygen atoms in total. The van der Waals surface area contributed by atoms with E-state index < -0.39 is 0 Å². The summed E-state index contributed by atoms with van der Waals surface area (Å²) in [6, 6.07) is 7.88. The van der Waals surface area contributed by atoms with Crippen molar-refractivity contribution in [2.45, 2.75) is 40.5 Å². The summed E-state index contributed by atoms with van der Waals surface area (Å²) < 4.78 is 0. The summed E-state index contributed by atoms with van der Waals surface area (Å²) in [5, 5.41) is 0.753. The fourth-order valence-corrected chi connectivity index (χ4v) is 2.98. The first-order valence-corrected chi connectivity index (χ1v) is 6.14. The molecule has 0 aromatic heterocycles. The van der Waals surface area contributed by atoms with Crippen molar-refractivity contribution in [2.75, 3.05) is 0 Å². The molecular weight excluding hydrogens is 232 g/mol. The molecule has 1 aromatic carbocycles. The molecule has 1 aliphatic rings. The fraction of sp³-hybridized carbons (Fsp3) is 0.533. The Hall–Kier alpha value is -0.820. The van der Waals surface area contributed by atoms with Gasteiger partial charge in [-0.3, -0.25) is 4.79 Å². The number of Topliss-reactive ketones (excluding diaryl/α,β-unsaturated/α-hetero) is 1. The maximum Gasteiger partial charge on any atom is 0.136 e. The first kappa shape index (κ1) is 14.2. The predicted molar refractivity (Wildman–Crippen MR) is 73.5 cm³/mol. The molecule has 1 aromatic rings. The minimum absolute atomic E-state index is 0. The minimum atomic E-state index is 0. The molecule has 0 heterocycles. The lowest BCUT2D eigenvalue weighted by molar-refractivity contribution is -0.120. The van der Waals surface area contributed by atoms with Crippen LogP contribution in [0.2, 0.25) is 5.02 Å². The third-order valence-corrected chi connectivity index (χ3v) is 3.97. The average molecular weight is 253 g/mol. The van der Waals surface area contributed by atoms with E-state index in [2.05, 4.69) is 19.9 Å². The molecule has 1 aliphatic carbocycles. The number of benzene rings is 1. The molecule has 1 saturated carbocycles. The maximum atomic E-state index is 11.8. The molecule has 2 rings (SSSR count). The van der Waals surface area contributed by atoms with Gasteiger partial charge in [-0.05, 0) is 29.0 Å². The predicted octanol–water partition coefficient (Wildman–Crippen LogP) is 4.69. The Labute approximate surface area is 109 Å². The Bertz CT molecular complexity index is 423. The number of hydrogen-bond donors (Lipinski definition) is 0. The minimum Gasteiger partial charge on any atom is -0.299 e. The molecule has 94 valence electrons. The van der Waals surface area contributed by atoms with Crippen molar-refractivity contribution in [1.82, 2.24) is 0 Å². The van der Waals surface area contributed by atoms with Crippen LogP contribution in [0.1, 0.15) is 46.1 Å². The van der Waals surface area contributed by atoms with Gasteiger partial charge in [-0.2, -0.15) is 0 Å². The average Bonchev–Trinajstić information content (AvgIpc) is 2.80. The highest BCUT2D eigenvalue weighted by atomic mass is 35.5. The van der Waals surface area contributed by atoms with E-state index >= 15 is 0 Å². The first-order valence-electron chi connectivity index (χ1n) is 5.76. The second-order valence-electron chi connectivity index (χ2n) is 5.15. The van der Waals surface area contributed by atoms with Crippen molar-refractivity contribution in [1.29, 1.82) is 0 Å². The Morgan fingerprint density at radius 2 is 2.06 bits per heavy atom. The van der Waals surface area contributed by atoms with Gasteiger partial charge >= 0.3 is 0 Å². The molecule has 2 heteroatoms. The van der Waals surface area contributed by atoms with Crippen LogP contribution >= 0.6 is 11.6 Å². The van der Waals surface area contributed by atoms with Gasteiger partial charge in [0.05, 0.1) is 0 Å². The summed E-state index contributed by atoms with van der Waals surface area (Å²) in [5.74, 6) is 0.893. The van der Waals surface area contributed by atoms with E-state index in [-0.39, 0.29) is 18.8 Å². The lowest BCUT2D eigenvalue weighted by atomic mass is 10.0. The smallest absolute Gasteiger partial charge is 0.136 e. The van der Waals surface area contributed by atoms with Gasteiger partial charge < -0.3 is 0 Å². The second kappa shape index (κ2) is 4.81. The third-order valence-electron chi connectivity index (χ3n) is 3.73. The van der Waals surface area contributed by atoms with E-state index in [0.717, 1.165) is 5.02 Å². The van der Waals surface area contributed by atoms with E-state index in [0.29, 0.717) is 18.1 Å². The maximum absolute atomic E-state index is 11.8. The second-order valence-corrected chi connectivity index (χ2v) is 5.59. The molecule has 0 spiro atoms. The van der Waals surface area contributed by atoms with Crippen molar-refractivity contribution in [3.05, 3.63) is 34.9 Å². The van der Waals surface area contributed by atoms with Crippen molar-refractivity contribution < 1.29 is 4.79 Å². The van der Waals surface area contributed by atoms with Gasteiger partial charge in [0, 0.05) is 17.4 Å². The van der Waals surface area contributed by atoms with E-state index in [1.54, 1.807) is 0 Å². The standard InChI is InChI=1S/C14H17ClO.CH4/c1-4-11(16)13-12(14(13,2)3)9-6-5-7-10(15)8-9;/h5-8,12-13H,4H2,1-3H3;1H4/t12-,13-;/m1./s1. The lowest BCUT2D eigenvalue weighted by Gasteiger charge is -2.02. The fourth-order valence-electron chi connectivity index (χ4n) is 2.78. The van der Waals surface area contributed by atoms with Gasteiger partial charge in [0.15, 0.2) is 0 Å². The molecule has 0 bridgehead atoms. The summed E-state index contributed by atoms with van der Waals surface area (Å²) in [4.78, 5) is 11.8.